The standard InChI is InChI=1S/C15H13BrN2O3/c16-11-6-10(7-12(17)8-11)15(21)18-13-3-1-9(2-4-13)5-14(19)20/h1-4,6-8H,5,17H2,(H,18,21)(H,19,20). The van der Waals surface area contributed by atoms with Crippen molar-refractivity contribution in [1.29, 1.82) is 0 Å². The molecular weight excluding hydrogens is 336 g/mol. The molecule has 0 aliphatic heterocycles. The molecular formula is C15H13BrN2O3. The predicted molar refractivity (Wildman–Crippen MR) is 84.3 cm³/mol. The highest BCUT2D eigenvalue weighted by Crippen LogP contribution is 2.19. The largest absolute Gasteiger partial charge is 0.481 e. The number of carboxylic acid groups (broad SMARTS) is 1. The number of hydrogen-bond acceptors (Lipinski definition) is 3. The van der Waals surface area contributed by atoms with Crippen LogP contribution in [0.15, 0.2) is 46.9 Å². The molecule has 6 heteroatoms. The summed E-state index contributed by atoms with van der Waals surface area (Å²) in [5.74, 6) is -1.18. The van der Waals surface area contributed by atoms with Gasteiger partial charge < -0.3 is 16.2 Å². The minimum absolute atomic E-state index is 0.0452. The SMILES string of the molecule is Nc1cc(Br)cc(C(=O)Nc2ccc(CC(=O)O)cc2)c1. The van der Waals surface area contributed by atoms with Gasteiger partial charge in [0.05, 0.1) is 6.42 Å². The van der Waals surface area contributed by atoms with Gasteiger partial charge in [-0.05, 0) is 35.9 Å². The van der Waals surface area contributed by atoms with E-state index in [0.29, 0.717) is 22.5 Å². The van der Waals surface area contributed by atoms with Crippen LogP contribution in [0.3, 0.4) is 0 Å². The average Bonchev–Trinajstić information content (AvgIpc) is 2.39. The Balaban J connectivity index is 2.10. The summed E-state index contributed by atoms with van der Waals surface area (Å²) < 4.78 is 0.726. The van der Waals surface area contributed by atoms with E-state index in [1.54, 1.807) is 42.5 Å². The van der Waals surface area contributed by atoms with E-state index in [-0.39, 0.29) is 12.3 Å². The molecule has 0 aromatic heterocycles. The number of carboxylic acids is 1. The van der Waals surface area contributed by atoms with E-state index in [9.17, 15) is 9.59 Å². The van der Waals surface area contributed by atoms with Crippen molar-refractivity contribution in [1.82, 2.24) is 0 Å². The Morgan fingerprint density at radius 2 is 1.81 bits per heavy atom. The molecule has 2 rings (SSSR count). The van der Waals surface area contributed by atoms with Gasteiger partial charge in [-0.15, -0.1) is 0 Å². The first-order valence-corrected chi connectivity index (χ1v) is 6.91. The zero-order valence-corrected chi connectivity index (χ0v) is 12.6. The lowest BCUT2D eigenvalue weighted by Crippen LogP contribution is -2.12. The number of halogens is 1. The second-order valence-electron chi connectivity index (χ2n) is 4.49. The molecule has 108 valence electrons. The van der Waals surface area contributed by atoms with Gasteiger partial charge in [0.15, 0.2) is 0 Å². The maximum absolute atomic E-state index is 12.1. The lowest BCUT2D eigenvalue weighted by atomic mass is 10.1. The Morgan fingerprint density at radius 3 is 2.38 bits per heavy atom. The van der Waals surface area contributed by atoms with Gasteiger partial charge >= 0.3 is 5.97 Å². The first-order chi connectivity index (χ1) is 9.94. The van der Waals surface area contributed by atoms with Crippen LogP contribution in [-0.2, 0) is 11.2 Å². The van der Waals surface area contributed by atoms with Crippen LogP contribution in [0.5, 0.6) is 0 Å². The molecule has 0 unspecified atom stereocenters. The van der Waals surface area contributed by atoms with Gasteiger partial charge in [-0.25, -0.2) is 0 Å². The number of carbonyl (C=O) groups excluding carboxylic acids is 1. The highest BCUT2D eigenvalue weighted by Gasteiger charge is 2.08. The molecule has 0 heterocycles. The number of amides is 1. The van der Waals surface area contributed by atoms with E-state index in [4.69, 9.17) is 10.8 Å². The molecule has 2 aromatic rings. The Hall–Kier alpha value is -2.34. The number of nitrogens with one attached hydrogen (secondary N) is 1. The third kappa shape index (κ3) is 4.32. The van der Waals surface area contributed by atoms with Crippen molar-refractivity contribution in [3.05, 3.63) is 58.1 Å². The van der Waals surface area contributed by atoms with Gasteiger partial charge in [0.1, 0.15) is 0 Å². The van der Waals surface area contributed by atoms with Crippen LogP contribution in [0.4, 0.5) is 11.4 Å². The van der Waals surface area contributed by atoms with Crippen LogP contribution in [-0.4, -0.2) is 17.0 Å². The van der Waals surface area contributed by atoms with Gasteiger partial charge in [-0.1, -0.05) is 28.1 Å². The zero-order chi connectivity index (χ0) is 15.4. The summed E-state index contributed by atoms with van der Waals surface area (Å²) in [4.78, 5) is 22.7. The van der Waals surface area contributed by atoms with E-state index in [2.05, 4.69) is 21.2 Å². The highest BCUT2D eigenvalue weighted by atomic mass is 79.9. The van der Waals surface area contributed by atoms with Crippen LogP contribution >= 0.6 is 15.9 Å². The first-order valence-electron chi connectivity index (χ1n) is 6.12. The molecule has 2 aromatic carbocycles. The molecule has 0 saturated carbocycles. The molecule has 0 aliphatic carbocycles. The second-order valence-corrected chi connectivity index (χ2v) is 5.41. The fraction of sp³-hybridized carbons (Fsp3) is 0.0667. The first kappa shape index (κ1) is 15.1. The topological polar surface area (TPSA) is 92.4 Å². The summed E-state index contributed by atoms with van der Waals surface area (Å²) in [5, 5.41) is 11.4. The Kier molecular flexibility index (Phi) is 4.59. The summed E-state index contributed by atoms with van der Waals surface area (Å²) in [7, 11) is 0. The third-order valence-electron chi connectivity index (χ3n) is 2.75. The summed E-state index contributed by atoms with van der Waals surface area (Å²) in [6, 6.07) is 11.6. The van der Waals surface area contributed by atoms with E-state index in [1.165, 1.54) is 0 Å². The number of rotatable bonds is 4. The fourth-order valence-electron chi connectivity index (χ4n) is 1.83. The van der Waals surface area contributed by atoms with Crippen molar-refractivity contribution in [3.8, 4) is 0 Å². The normalized spacial score (nSPS) is 10.1. The molecule has 1 amide bonds. The number of anilines is 2. The second kappa shape index (κ2) is 6.41. The van der Waals surface area contributed by atoms with Gasteiger partial charge in [0, 0.05) is 21.4 Å². The zero-order valence-electron chi connectivity index (χ0n) is 11.0. The lowest BCUT2D eigenvalue weighted by Gasteiger charge is -2.07. The smallest absolute Gasteiger partial charge is 0.307 e. The van der Waals surface area contributed by atoms with E-state index in [0.717, 1.165) is 4.47 Å². The maximum atomic E-state index is 12.1. The lowest BCUT2D eigenvalue weighted by molar-refractivity contribution is -0.136. The van der Waals surface area contributed by atoms with Gasteiger partial charge in [0.25, 0.3) is 5.91 Å². The summed E-state index contributed by atoms with van der Waals surface area (Å²) >= 11 is 3.28. The molecule has 5 nitrogen and oxygen atoms in total. The number of carbonyl (C=O) groups is 2. The Morgan fingerprint density at radius 1 is 1.14 bits per heavy atom. The minimum atomic E-state index is -0.892. The summed E-state index contributed by atoms with van der Waals surface area (Å²) in [5.41, 5.74) is 7.89. The highest BCUT2D eigenvalue weighted by molar-refractivity contribution is 9.10. The van der Waals surface area contributed by atoms with Crippen LogP contribution in [0, 0.1) is 0 Å². The average molecular weight is 349 g/mol. The van der Waals surface area contributed by atoms with Crippen molar-refractivity contribution >= 4 is 39.2 Å². The molecule has 0 radical (unpaired) electrons. The minimum Gasteiger partial charge on any atom is -0.481 e. The molecule has 0 saturated heterocycles. The summed E-state index contributed by atoms with van der Waals surface area (Å²) in [6.07, 6.45) is -0.0452. The number of hydrogen-bond donors (Lipinski definition) is 3. The van der Waals surface area contributed by atoms with Crippen molar-refractivity contribution in [2.45, 2.75) is 6.42 Å². The Labute approximate surface area is 129 Å². The van der Waals surface area contributed by atoms with Gasteiger partial charge in [-0.3, -0.25) is 9.59 Å². The van der Waals surface area contributed by atoms with Crippen LogP contribution in [0.1, 0.15) is 15.9 Å². The Bertz CT molecular complexity index is 664. The number of benzene rings is 2. The quantitative estimate of drug-likeness (QED) is 0.740. The maximum Gasteiger partial charge on any atom is 0.307 e. The van der Waals surface area contributed by atoms with Gasteiger partial charge in [0.2, 0.25) is 0 Å². The molecule has 0 spiro atoms. The molecule has 0 atom stereocenters. The number of nitrogen functional groups attached to an aromatic ring is 1. The van der Waals surface area contributed by atoms with Crippen LogP contribution in [0.2, 0.25) is 0 Å². The molecule has 21 heavy (non-hydrogen) atoms. The molecule has 0 bridgehead atoms. The summed E-state index contributed by atoms with van der Waals surface area (Å²) in [6.45, 7) is 0. The van der Waals surface area contributed by atoms with E-state index >= 15 is 0 Å². The fourth-order valence-corrected chi connectivity index (χ4v) is 2.34. The number of nitrogens with two attached hydrogens (primary N) is 1. The van der Waals surface area contributed by atoms with Crippen molar-refractivity contribution < 1.29 is 14.7 Å². The molecule has 4 N–H and O–H groups in total. The molecule has 0 aliphatic rings. The van der Waals surface area contributed by atoms with E-state index in [1.807, 2.05) is 0 Å². The van der Waals surface area contributed by atoms with Gasteiger partial charge in [-0.2, -0.15) is 0 Å². The molecule has 0 fully saturated rings. The van der Waals surface area contributed by atoms with E-state index < -0.39 is 5.97 Å². The monoisotopic (exact) mass is 348 g/mol. The van der Waals surface area contributed by atoms with Crippen molar-refractivity contribution in [3.63, 3.8) is 0 Å². The van der Waals surface area contributed by atoms with Crippen LogP contribution < -0.4 is 11.1 Å². The number of aliphatic carboxylic acids is 1. The van der Waals surface area contributed by atoms with Crippen molar-refractivity contribution in [2.24, 2.45) is 0 Å². The predicted octanol–water partition coefficient (Wildman–Crippen LogP) is 2.91. The third-order valence-corrected chi connectivity index (χ3v) is 3.21. The van der Waals surface area contributed by atoms with Crippen LogP contribution in [0.25, 0.3) is 0 Å². The van der Waals surface area contributed by atoms with Crippen molar-refractivity contribution in [2.75, 3.05) is 11.1 Å².